The van der Waals surface area contributed by atoms with Gasteiger partial charge in [0.25, 0.3) is 0 Å². The minimum absolute atomic E-state index is 0.287. The van der Waals surface area contributed by atoms with Crippen molar-refractivity contribution in [2.45, 2.75) is 41.0 Å². The highest BCUT2D eigenvalue weighted by Gasteiger charge is 2.01. The van der Waals surface area contributed by atoms with E-state index in [4.69, 9.17) is 0 Å². The van der Waals surface area contributed by atoms with Crippen LogP contribution in [-0.4, -0.2) is 5.11 Å². The number of hydrogen-bond acceptors (Lipinski definition) is 1. The SMILES string of the molecule is C=C/C(=C\C)c1cccc(-c2ccc(O)cc2)c1.CC.CCC. The van der Waals surface area contributed by atoms with Crippen molar-refractivity contribution < 1.29 is 5.11 Å². The Kier molecular flexibility index (Phi) is 11.1. The highest BCUT2D eigenvalue weighted by molar-refractivity contribution is 5.77. The lowest BCUT2D eigenvalue weighted by Gasteiger charge is -2.06. The minimum Gasteiger partial charge on any atom is -0.508 e. The average molecular weight is 310 g/mol. The Morgan fingerprint density at radius 2 is 1.57 bits per heavy atom. The van der Waals surface area contributed by atoms with Crippen LogP contribution in [-0.2, 0) is 0 Å². The monoisotopic (exact) mass is 310 g/mol. The van der Waals surface area contributed by atoms with Crippen LogP contribution < -0.4 is 0 Å². The second-order valence-corrected chi connectivity index (χ2v) is 4.78. The molecule has 1 heteroatoms. The molecule has 0 fully saturated rings. The summed E-state index contributed by atoms with van der Waals surface area (Å²) in [4.78, 5) is 0. The van der Waals surface area contributed by atoms with Gasteiger partial charge in [0.05, 0.1) is 0 Å². The number of hydrogen-bond donors (Lipinski definition) is 1. The first-order valence-corrected chi connectivity index (χ1v) is 8.34. The van der Waals surface area contributed by atoms with Crippen LogP contribution in [0.1, 0.15) is 46.6 Å². The van der Waals surface area contributed by atoms with Crippen LogP contribution in [0.5, 0.6) is 5.75 Å². The van der Waals surface area contributed by atoms with Crippen molar-refractivity contribution in [3.63, 3.8) is 0 Å². The smallest absolute Gasteiger partial charge is 0.115 e. The van der Waals surface area contributed by atoms with Gasteiger partial charge < -0.3 is 5.11 Å². The first kappa shape index (κ1) is 20.7. The zero-order valence-electron chi connectivity index (χ0n) is 15.1. The summed E-state index contributed by atoms with van der Waals surface area (Å²) in [6.45, 7) is 14.1. The molecule has 0 atom stereocenters. The third-order valence-corrected chi connectivity index (χ3v) is 2.93. The van der Waals surface area contributed by atoms with Gasteiger partial charge >= 0.3 is 0 Å². The van der Waals surface area contributed by atoms with Crippen molar-refractivity contribution in [3.05, 3.63) is 72.8 Å². The van der Waals surface area contributed by atoms with E-state index < -0.39 is 0 Å². The van der Waals surface area contributed by atoms with Gasteiger partial charge in [-0.3, -0.25) is 0 Å². The van der Waals surface area contributed by atoms with Gasteiger partial charge in [0.2, 0.25) is 0 Å². The zero-order valence-corrected chi connectivity index (χ0v) is 15.1. The van der Waals surface area contributed by atoms with Gasteiger partial charge in [-0.2, -0.15) is 0 Å². The van der Waals surface area contributed by atoms with Crippen LogP contribution in [0.15, 0.2) is 67.3 Å². The molecule has 124 valence electrons. The molecule has 0 amide bonds. The van der Waals surface area contributed by atoms with Crippen LogP contribution in [0.4, 0.5) is 0 Å². The molecule has 0 heterocycles. The van der Waals surface area contributed by atoms with E-state index in [1.165, 1.54) is 6.42 Å². The molecule has 1 N–H and O–H groups in total. The van der Waals surface area contributed by atoms with Crippen LogP contribution in [0, 0.1) is 0 Å². The number of benzene rings is 2. The summed E-state index contributed by atoms with van der Waals surface area (Å²) < 4.78 is 0. The summed E-state index contributed by atoms with van der Waals surface area (Å²) in [5.74, 6) is 0.287. The molecule has 0 saturated heterocycles. The number of aromatic hydroxyl groups is 1. The number of phenolic OH excluding ortho intramolecular Hbond substituents is 1. The normalized spacial score (nSPS) is 9.87. The van der Waals surface area contributed by atoms with E-state index in [1.54, 1.807) is 12.1 Å². The van der Waals surface area contributed by atoms with Gasteiger partial charge in [0, 0.05) is 0 Å². The molecule has 23 heavy (non-hydrogen) atoms. The van der Waals surface area contributed by atoms with Crippen LogP contribution in [0.2, 0.25) is 0 Å². The summed E-state index contributed by atoms with van der Waals surface area (Å²) in [5, 5.41) is 9.30. The molecule has 1 nitrogen and oxygen atoms in total. The number of rotatable bonds is 3. The predicted molar refractivity (Wildman–Crippen MR) is 105 cm³/mol. The maximum atomic E-state index is 9.30. The van der Waals surface area contributed by atoms with Gasteiger partial charge in [-0.15, -0.1) is 0 Å². The molecular weight excluding hydrogens is 280 g/mol. The summed E-state index contributed by atoms with van der Waals surface area (Å²) in [6, 6.07) is 15.5. The molecule has 2 rings (SSSR count). The largest absolute Gasteiger partial charge is 0.508 e. The topological polar surface area (TPSA) is 20.2 Å². The van der Waals surface area contributed by atoms with Gasteiger partial charge in [-0.1, -0.05) is 83.2 Å². The van der Waals surface area contributed by atoms with Crippen molar-refractivity contribution in [2.75, 3.05) is 0 Å². The maximum absolute atomic E-state index is 9.30. The Hall–Kier alpha value is -2.28. The first-order chi connectivity index (χ1) is 11.2. The molecular formula is C22H30O. The lowest BCUT2D eigenvalue weighted by atomic mass is 9.99. The molecule has 0 aliphatic rings. The highest BCUT2D eigenvalue weighted by Crippen LogP contribution is 2.25. The van der Waals surface area contributed by atoms with Gasteiger partial charge in [0.1, 0.15) is 5.75 Å². The van der Waals surface area contributed by atoms with Gasteiger partial charge in [0.15, 0.2) is 0 Å². The standard InChI is InChI=1S/C17H16O.C3H8.C2H6/c1-3-13(4-2)15-6-5-7-16(12-15)14-8-10-17(18)11-9-14;1-3-2;1-2/h3-12,18H,1H2,2H3;3H2,1-2H3;1-2H3/b13-4+;;. The molecule has 2 aromatic rings. The fraction of sp³-hybridized carbons (Fsp3) is 0.273. The maximum Gasteiger partial charge on any atom is 0.115 e. The molecule has 0 unspecified atom stereocenters. The molecule has 0 saturated carbocycles. The number of allylic oxidation sites excluding steroid dienone is 3. The van der Waals surface area contributed by atoms with E-state index in [0.717, 1.165) is 22.3 Å². The Morgan fingerprint density at radius 3 is 2.04 bits per heavy atom. The lowest BCUT2D eigenvalue weighted by Crippen LogP contribution is -1.83. The van der Waals surface area contributed by atoms with Crippen molar-refractivity contribution >= 4 is 5.57 Å². The van der Waals surface area contributed by atoms with Crippen LogP contribution in [0.25, 0.3) is 16.7 Å². The Bertz CT molecular complexity index is 592. The van der Waals surface area contributed by atoms with E-state index in [0.29, 0.717) is 0 Å². The third-order valence-electron chi connectivity index (χ3n) is 2.93. The van der Waals surface area contributed by atoms with E-state index in [9.17, 15) is 5.11 Å². The molecule has 2 aromatic carbocycles. The number of phenols is 1. The summed E-state index contributed by atoms with van der Waals surface area (Å²) in [5.41, 5.74) is 4.50. The lowest BCUT2D eigenvalue weighted by molar-refractivity contribution is 0.475. The van der Waals surface area contributed by atoms with E-state index in [-0.39, 0.29) is 5.75 Å². The van der Waals surface area contributed by atoms with Crippen molar-refractivity contribution in [1.82, 2.24) is 0 Å². The molecule has 0 bridgehead atoms. The van der Waals surface area contributed by atoms with E-state index in [2.05, 4.69) is 38.6 Å². The fourth-order valence-corrected chi connectivity index (χ4v) is 1.93. The van der Waals surface area contributed by atoms with E-state index >= 15 is 0 Å². The molecule has 0 aliphatic heterocycles. The van der Waals surface area contributed by atoms with Crippen LogP contribution in [0.3, 0.4) is 0 Å². The molecule has 0 aliphatic carbocycles. The van der Waals surface area contributed by atoms with Crippen molar-refractivity contribution in [2.24, 2.45) is 0 Å². The quantitative estimate of drug-likeness (QED) is 0.600. The molecule has 0 spiro atoms. The second kappa shape index (κ2) is 12.3. The second-order valence-electron chi connectivity index (χ2n) is 4.78. The van der Waals surface area contributed by atoms with Crippen LogP contribution >= 0.6 is 0 Å². The molecule has 0 aromatic heterocycles. The summed E-state index contributed by atoms with van der Waals surface area (Å²) in [6.07, 6.45) is 5.15. The Morgan fingerprint density at radius 1 is 1.00 bits per heavy atom. The third kappa shape index (κ3) is 7.01. The fourth-order valence-electron chi connectivity index (χ4n) is 1.93. The molecule has 0 radical (unpaired) electrons. The summed E-state index contributed by atoms with van der Waals surface area (Å²) >= 11 is 0. The van der Waals surface area contributed by atoms with Gasteiger partial charge in [-0.25, -0.2) is 0 Å². The van der Waals surface area contributed by atoms with Crippen molar-refractivity contribution in [3.8, 4) is 16.9 Å². The first-order valence-electron chi connectivity index (χ1n) is 8.34. The Balaban J connectivity index is 0.000000868. The minimum atomic E-state index is 0.287. The van der Waals surface area contributed by atoms with Crippen molar-refractivity contribution in [1.29, 1.82) is 0 Å². The summed E-state index contributed by atoms with van der Waals surface area (Å²) in [7, 11) is 0. The zero-order chi connectivity index (χ0) is 17.7. The van der Waals surface area contributed by atoms with E-state index in [1.807, 2.05) is 51.1 Å². The average Bonchev–Trinajstić information content (AvgIpc) is 2.59. The Labute approximate surface area is 142 Å². The highest BCUT2D eigenvalue weighted by atomic mass is 16.3. The van der Waals surface area contributed by atoms with Gasteiger partial charge in [-0.05, 0) is 47.4 Å². The predicted octanol–water partition coefficient (Wildman–Crippen LogP) is 7.09.